The first-order valence-electron chi connectivity index (χ1n) is 11.0. The number of halogens is 1. The summed E-state index contributed by atoms with van der Waals surface area (Å²) in [4.78, 5) is 11.2. The first-order chi connectivity index (χ1) is 15.7. The molecule has 1 aromatic carbocycles. The molecule has 0 radical (unpaired) electrons. The maximum Gasteiger partial charge on any atom is 0.191 e. The molecule has 0 aliphatic carbocycles. The lowest BCUT2D eigenvalue weighted by Crippen LogP contribution is -2.41. The van der Waals surface area contributed by atoms with Crippen molar-refractivity contribution in [3.63, 3.8) is 0 Å². The molecule has 1 aliphatic rings. The second-order valence-corrected chi connectivity index (χ2v) is 7.90. The molecule has 1 fully saturated rings. The molecule has 3 aromatic rings. The monoisotopic (exact) mass is 561 g/mol. The van der Waals surface area contributed by atoms with E-state index in [1.165, 1.54) is 11.1 Å². The van der Waals surface area contributed by atoms with Crippen LogP contribution in [-0.2, 0) is 24.4 Å². The van der Waals surface area contributed by atoms with Crippen molar-refractivity contribution in [3.8, 4) is 0 Å². The Kier molecular flexibility index (Phi) is 9.49. The van der Waals surface area contributed by atoms with Gasteiger partial charge in [0.1, 0.15) is 5.82 Å². The van der Waals surface area contributed by atoms with Gasteiger partial charge in [-0.2, -0.15) is 5.10 Å². The van der Waals surface area contributed by atoms with E-state index >= 15 is 0 Å². The summed E-state index contributed by atoms with van der Waals surface area (Å²) in [5, 5.41) is 11.2. The molecule has 1 aliphatic heterocycles. The van der Waals surface area contributed by atoms with E-state index in [4.69, 9.17) is 4.74 Å². The van der Waals surface area contributed by atoms with E-state index in [2.05, 4.69) is 67.9 Å². The molecule has 0 amide bonds. The third-order valence-electron chi connectivity index (χ3n) is 5.51. The summed E-state index contributed by atoms with van der Waals surface area (Å²) < 4.78 is 7.58. The number of aliphatic imine (C=N–C) groups is 1. The first-order valence-corrected chi connectivity index (χ1v) is 11.0. The van der Waals surface area contributed by atoms with E-state index in [0.29, 0.717) is 13.1 Å². The molecule has 2 aromatic heterocycles. The molecule has 33 heavy (non-hydrogen) atoms. The fourth-order valence-electron chi connectivity index (χ4n) is 3.81. The molecule has 0 bridgehead atoms. The van der Waals surface area contributed by atoms with Crippen LogP contribution in [0.3, 0.4) is 0 Å². The number of hydrogen-bond acceptors (Lipinski definition) is 5. The lowest BCUT2D eigenvalue weighted by molar-refractivity contribution is 0.0529. The lowest BCUT2D eigenvalue weighted by atomic mass is 10.1. The number of rotatable bonds is 7. The topological polar surface area (TPSA) is 79.6 Å². The fourth-order valence-corrected chi connectivity index (χ4v) is 3.81. The molecule has 4 rings (SSSR count). The van der Waals surface area contributed by atoms with Crippen molar-refractivity contribution in [2.75, 3.05) is 31.6 Å². The number of hydrogen-bond donors (Lipinski definition) is 2. The summed E-state index contributed by atoms with van der Waals surface area (Å²) in [6, 6.07) is 14.5. The van der Waals surface area contributed by atoms with Crippen LogP contribution >= 0.6 is 24.0 Å². The highest BCUT2D eigenvalue weighted by Crippen LogP contribution is 2.16. The summed E-state index contributed by atoms with van der Waals surface area (Å²) in [5.74, 6) is 1.76. The molecule has 1 unspecified atom stereocenters. The number of pyridine rings is 1. The Hall–Kier alpha value is -2.66. The van der Waals surface area contributed by atoms with Crippen LogP contribution in [-0.4, -0.2) is 53.6 Å². The maximum atomic E-state index is 5.64. The number of anilines is 1. The minimum Gasteiger partial charge on any atom is -0.375 e. The van der Waals surface area contributed by atoms with Crippen molar-refractivity contribution in [3.05, 3.63) is 77.7 Å². The molecule has 0 saturated carbocycles. The molecule has 3 heterocycles. The first kappa shape index (κ1) is 25.0. The van der Waals surface area contributed by atoms with E-state index in [0.717, 1.165) is 43.6 Å². The summed E-state index contributed by atoms with van der Waals surface area (Å²) in [6.07, 6.45) is 5.88. The van der Waals surface area contributed by atoms with Gasteiger partial charge in [-0.3, -0.25) is 9.67 Å². The van der Waals surface area contributed by atoms with E-state index < -0.39 is 0 Å². The number of nitrogens with zero attached hydrogens (tertiary/aromatic N) is 5. The van der Waals surface area contributed by atoms with Crippen molar-refractivity contribution < 1.29 is 4.74 Å². The van der Waals surface area contributed by atoms with Crippen LogP contribution in [0.5, 0.6) is 0 Å². The van der Waals surface area contributed by atoms with Gasteiger partial charge in [0.15, 0.2) is 5.96 Å². The lowest BCUT2D eigenvalue weighted by Gasteiger charge is -2.32. The minimum absolute atomic E-state index is 0. The van der Waals surface area contributed by atoms with Gasteiger partial charge in [0, 0.05) is 51.8 Å². The molecule has 0 spiro atoms. The highest BCUT2D eigenvalue weighted by Gasteiger charge is 2.18. The van der Waals surface area contributed by atoms with Crippen molar-refractivity contribution in [2.24, 2.45) is 4.99 Å². The van der Waals surface area contributed by atoms with Crippen LogP contribution in [0.4, 0.5) is 5.82 Å². The number of nitrogens with one attached hydrogen (secondary N) is 2. The van der Waals surface area contributed by atoms with Gasteiger partial charge in [-0.1, -0.05) is 24.3 Å². The standard InChI is InChI=1S/C24H31N7O.HI/c1-19-17-30(12-13-32-19)23-14-20(8-10-26-23)15-27-24(25-2)28-16-21-6-3-4-7-22(21)18-31-11-5-9-29-31;/h3-11,14,19H,12-13,15-18H2,1-2H3,(H2,25,27,28);1H. The Morgan fingerprint density at radius 2 is 1.94 bits per heavy atom. The molecular weight excluding hydrogens is 529 g/mol. The SMILES string of the molecule is CN=C(NCc1ccnc(N2CCOC(C)C2)c1)NCc1ccccc1Cn1cccn1.I. The largest absolute Gasteiger partial charge is 0.375 e. The van der Waals surface area contributed by atoms with Crippen LogP contribution in [0.2, 0.25) is 0 Å². The second kappa shape index (κ2) is 12.5. The Labute approximate surface area is 212 Å². The zero-order valence-corrected chi connectivity index (χ0v) is 21.5. The highest BCUT2D eigenvalue weighted by atomic mass is 127. The molecule has 2 N–H and O–H groups in total. The second-order valence-electron chi connectivity index (χ2n) is 7.90. The average molecular weight is 561 g/mol. The van der Waals surface area contributed by atoms with Gasteiger partial charge in [-0.05, 0) is 41.8 Å². The van der Waals surface area contributed by atoms with Crippen molar-refractivity contribution in [1.82, 2.24) is 25.4 Å². The van der Waals surface area contributed by atoms with E-state index in [1.54, 1.807) is 13.2 Å². The summed E-state index contributed by atoms with van der Waals surface area (Å²) in [6.45, 7) is 6.68. The van der Waals surface area contributed by atoms with E-state index in [-0.39, 0.29) is 30.1 Å². The summed E-state index contributed by atoms with van der Waals surface area (Å²) in [5.41, 5.74) is 3.62. The number of benzene rings is 1. The van der Waals surface area contributed by atoms with Crippen LogP contribution < -0.4 is 15.5 Å². The summed E-state index contributed by atoms with van der Waals surface area (Å²) in [7, 11) is 1.79. The van der Waals surface area contributed by atoms with Crippen LogP contribution in [0.1, 0.15) is 23.6 Å². The zero-order chi connectivity index (χ0) is 22.2. The van der Waals surface area contributed by atoms with Gasteiger partial charge >= 0.3 is 0 Å². The van der Waals surface area contributed by atoms with Gasteiger partial charge in [-0.15, -0.1) is 24.0 Å². The average Bonchev–Trinajstić information content (AvgIpc) is 3.33. The predicted molar refractivity (Wildman–Crippen MR) is 142 cm³/mol. The van der Waals surface area contributed by atoms with Gasteiger partial charge in [0.2, 0.25) is 0 Å². The molecule has 1 saturated heterocycles. The quantitative estimate of drug-likeness (QED) is 0.263. The minimum atomic E-state index is 0. The van der Waals surface area contributed by atoms with Gasteiger partial charge in [-0.25, -0.2) is 4.98 Å². The normalized spacial score (nSPS) is 16.2. The van der Waals surface area contributed by atoms with Crippen LogP contribution in [0.25, 0.3) is 0 Å². The molecular formula is C24H32IN7O. The Morgan fingerprint density at radius 1 is 1.12 bits per heavy atom. The van der Waals surface area contributed by atoms with Crippen LogP contribution in [0.15, 0.2) is 66.0 Å². The fraction of sp³-hybridized carbons (Fsp3) is 0.375. The third kappa shape index (κ3) is 7.16. The number of ether oxygens (including phenoxy) is 1. The van der Waals surface area contributed by atoms with Crippen LogP contribution in [0, 0.1) is 0 Å². The van der Waals surface area contributed by atoms with Crippen molar-refractivity contribution in [1.29, 1.82) is 0 Å². The Morgan fingerprint density at radius 3 is 2.70 bits per heavy atom. The Balaban J connectivity index is 0.00000306. The summed E-state index contributed by atoms with van der Waals surface area (Å²) >= 11 is 0. The molecule has 176 valence electrons. The molecule has 8 nitrogen and oxygen atoms in total. The smallest absolute Gasteiger partial charge is 0.191 e. The van der Waals surface area contributed by atoms with Crippen molar-refractivity contribution in [2.45, 2.75) is 32.7 Å². The maximum absolute atomic E-state index is 5.64. The van der Waals surface area contributed by atoms with E-state index in [1.807, 2.05) is 29.2 Å². The predicted octanol–water partition coefficient (Wildman–Crippen LogP) is 3.03. The van der Waals surface area contributed by atoms with Gasteiger partial charge in [0.25, 0.3) is 0 Å². The number of guanidine groups is 1. The molecule has 9 heteroatoms. The molecule has 1 atom stereocenters. The highest BCUT2D eigenvalue weighted by molar-refractivity contribution is 14.0. The van der Waals surface area contributed by atoms with Gasteiger partial charge < -0.3 is 20.3 Å². The number of morpholine rings is 1. The van der Waals surface area contributed by atoms with E-state index in [9.17, 15) is 0 Å². The van der Waals surface area contributed by atoms with Crippen molar-refractivity contribution >= 4 is 35.8 Å². The Bertz CT molecular complexity index is 1030. The zero-order valence-electron chi connectivity index (χ0n) is 19.1. The van der Waals surface area contributed by atoms with Gasteiger partial charge in [0.05, 0.1) is 19.3 Å². The third-order valence-corrected chi connectivity index (χ3v) is 5.51. The number of aromatic nitrogens is 3.